The van der Waals surface area contributed by atoms with E-state index in [4.69, 9.17) is 15.9 Å². The lowest BCUT2D eigenvalue weighted by molar-refractivity contribution is -0.145. The summed E-state index contributed by atoms with van der Waals surface area (Å²) in [7, 11) is 0. The molecule has 0 aromatic heterocycles. The van der Waals surface area contributed by atoms with Crippen molar-refractivity contribution in [2.45, 2.75) is 64.0 Å². The van der Waals surface area contributed by atoms with Gasteiger partial charge in [0.05, 0.1) is 6.61 Å². The molecule has 168 valence electrons. The molecule has 0 aliphatic heterocycles. The van der Waals surface area contributed by atoms with Gasteiger partial charge >= 0.3 is 12.0 Å². The molecule has 7 heteroatoms. The number of rotatable bonds is 8. The zero-order valence-electron chi connectivity index (χ0n) is 18.2. The van der Waals surface area contributed by atoms with E-state index >= 15 is 0 Å². The Morgan fingerprint density at radius 3 is 2.45 bits per heavy atom. The molecule has 31 heavy (non-hydrogen) atoms. The number of nitrogens with one attached hydrogen (secondary N) is 3. The molecule has 1 aromatic rings. The number of carbonyl (C=O) groups excluding carboxylic acids is 2. The smallest absolute Gasteiger partial charge is 0.329 e. The minimum Gasteiger partial charge on any atom is -0.464 e. The molecule has 4 bridgehead atoms. The second kappa shape index (κ2) is 9.28. The van der Waals surface area contributed by atoms with E-state index in [1.807, 2.05) is 13.0 Å². The van der Waals surface area contributed by atoms with Crippen molar-refractivity contribution < 1.29 is 14.3 Å². The van der Waals surface area contributed by atoms with Gasteiger partial charge in [0.15, 0.2) is 0 Å². The SMILES string of the molecule is CCCOC(=O)C(Cc1cccc(C(=N)N)c1)NC(=O)NC1C2CC3C[C@H](C2)C[C@@H]1C3. The Bertz CT molecular complexity index is 812. The van der Waals surface area contributed by atoms with Crippen LogP contribution in [0.15, 0.2) is 24.3 Å². The number of amidine groups is 1. The third-order valence-corrected chi connectivity index (χ3v) is 7.24. The highest BCUT2D eigenvalue weighted by atomic mass is 16.5. The van der Waals surface area contributed by atoms with Gasteiger partial charge in [-0.1, -0.05) is 25.1 Å². The molecule has 5 N–H and O–H groups in total. The lowest BCUT2D eigenvalue weighted by atomic mass is 9.54. The lowest BCUT2D eigenvalue weighted by Gasteiger charge is -2.54. The number of carbonyl (C=O) groups is 2. The van der Waals surface area contributed by atoms with E-state index in [0.717, 1.165) is 23.8 Å². The second-order valence-electron chi connectivity index (χ2n) is 9.61. The molecule has 5 rings (SSSR count). The van der Waals surface area contributed by atoms with Gasteiger partial charge in [-0.3, -0.25) is 5.41 Å². The Labute approximate surface area is 184 Å². The summed E-state index contributed by atoms with van der Waals surface area (Å²) >= 11 is 0. The predicted molar refractivity (Wildman–Crippen MR) is 119 cm³/mol. The summed E-state index contributed by atoms with van der Waals surface area (Å²) in [5.41, 5.74) is 7.01. The third-order valence-electron chi connectivity index (χ3n) is 7.24. The zero-order valence-corrected chi connectivity index (χ0v) is 18.2. The number of amides is 2. The molecule has 1 atom stereocenters. The molecule has 0 heterocycles. The highest BCUT2D eigenvalue weighted by molar-refractivity contribution is 5.95. The maximum atomic E-state index is 12.9. The number of nitrogen functional groups attached to an aromatic ring is 1. The summed E-state index contributed by atoms with van der Waals surface area (Å²) in [6, 6.07) is 6.33. The second-order valence-corrected chi connectivity index (χ2v) is 9.61. The van der Waals surface area contributed by atoms with E-state index in [1.165, 1.54) is 32.1 Å². The molecule has 4 fully saturated rings. The molecule has 0 spiro atoms. The fourth-order valence-corrected chi connectivity index (χ4v) is 6.11. The Kier molecular flexibility index (Phi) is 6.49. The van der Waals surface area contributed by atoms with Crippen LogP contribution in [0.4, 0.5) is 4.79 Å². The molecule has 4 aliphatic rings. The van der Waals surface area contributed by atoms with E-state index in [0.29, 0.717) is 30.4 Å². The van der Waals surface area contributed by atoms with Crippen molar-refractivity contribution in [3.8, 4) is 0 Å². The van der Waals surface area contributed by atoms with Gasteiger partial charge in [-0.15, -0.1) is 0 Å². The summed E-state index contributed by atoms with van der Waals surface area (Å²) in [4.78, 5) is 25.6. The van der Waals surface area contributed by atoms with Crippen molar-refractivity contribution in [2.24, 2.45) is 29.4 Å². The van der Waals surface area contributed by atoms with Gasteiger partial charge in [0.25, 0.3) is 0 Å². The molecule has 7 nitrogen and oxygen atoms in total. The lowest BCUT2D eigenvalue weighted by Crippen LogP contribution is -2.59. The molecule has 0 radical (unpaired) electrons. The molecule has 0 saturated heterocycles. The van der Waals surface area contributed by atoms with Crippen molar-refractivity contribution in [1.82, 2.24) is 10.6 Å². The molecule has 1 unspecified atom stereocenters. The van der Waals surface area contributed by atoms with Crippen molar-refractivity contribution in [3.63, 3.8) is 0 Å². The monoisotopic (exact) mass is 426 g/mol. The highest BCUT2D eigenvalue weighted by Crippen LogP contribution is 2.53. The first-order chi connectivity index (χ1) is 14.9. The van der Waals surface area contributed by atoms with Crippen LogP contribution in [0, 0.1) is 29.1 Å². The number of esters is 1. The van der Waals surface area contributed by atoms with Gasteiger partial charge in [0, 0.05) is 18.0 Å². The largest absolute Gasteiger partial charge is 0.464 e. The Morgan fingerprint density at radius 2 is 1.84 bits per heavy atom. The summed E-state index contributed by atoms with van der Waals surface area (Å²) in [5.74, 6) is 2.36. The number of hydrogen-bond acceptors (Lipinski definition) is 4. The summed E-state index contributed by atoms with van der Waals surface area (Å²) in [6.07, 6.45) is 7.26. The predicted octanol–water partition coefficient (Wildman–Crippen LogP) is 2.96. The number of benzene rings is 1. The van der Waals surface area contributed by atoms with Crippen LogP contribution >= 0.6 is 0 Å². The van der Waals surface area contributed by atoms with Gasteiger partial charge in [0.1, 0.15) is 11.9 Å². The number of ether oxygens (including phenoxy) is 1. The van der Waals surface area contributed by atoms with E-state index in [2.05, 4.69) is 10.6 Å². The van der Waals surface area contributed by atoms with E-state index in [-0.39, 0.29) is 17.9 Å². The van der Waals surface area contributed by atoms with Crippen molar-refractivity contribution in [1.29, 1.82) is 5.41 Å². The van der Waals surface area contributed by atoms with Crippen LogP contribution in [0.25, 0.3) is 0 Å². The van der Waals surface area contributed by atoms with Crippen molar-refractivity contribution in [3.05, 3.63) is 35.4 Å². The quantitative estimate of drug-likeness (QED) is 0.290. The Hall–Kier alpha value is -2.57. The number of nitrogens with two attached hydrogens (primary N) is 1. The van der Waals surface area contributed by atoms with Gasteiger partial charge in [0.2, 0.25) is 0 Å². The molecule has 4 saturated carbocycles. The maximum Gasteiger partial charge on any atom is 0.329 e. The van der Waals surface area contributed by atoms with E-state index < -0.39 is 12.0 Å². The molecule has 2 amide bonds. The van der Waals surface area contributed by atoms with E-state index in [1.54, 1.807) is 18.2 Å². The van der Waals surface area contributed by atoms with Crippen LogP contribution in [-0.4, -0.2) is 36.5 Å². The van der Waals surface area contributed by atoms with Gasteiger partial charge < -0.3 is 21.1 Å². The van der Waals surface area contributed by atoms with Crippen LogP contribution < -0.4 is 16.4 Å². The van der Waals surface area contributed by atoms with E-state index in [9.17, 15) is 9.59 Å². The zero-order chi connectivity index (χ0) is 22.0. The highest BCUT2D eigenvalue weighted by Gasteiger charge is 2.48. The maximum absolute atomic E-state index is 12.9. The molecule has 4 aliphatic carbocycles. The van der Waals surface area contributed by atoms with Crippen LogP contribution in [0.5, 0.6) is 0 Å². The fourth-order valence-electron chi connectivity index (χ4n) is 6.11. The summed E-state index contributed by atoms with van der Waals surface area (Å²) in [6.45, 7) is 2.26. The normalized spacial score (nSPS) is 29.3. The van der Waals surface area contributed by atoms with Crippen LogP contribution in [0.3, 0.4) is 0 Å². The fraction of sp³-hybridized carbons (Fsp3) is 0.625. The first kappa shape index (κ1) is 21.7. The Morgan fingerprint density at radius 1 is 1.16 bits per heavy atom. The van der Waals surface area contributed by atoms with Gasteiger partial charge in [-0.05, 0) is 73.8 Å². The van der Waals surface area contributed by atoms with Crippen molar-refractivity contribution >= 4 is 17.8 Å². The first-order valence-corrected chi connectivity index (χ1v) is 11.6. The van der Waals surface area contributed by atoms with Crippen LogP contribution in [-0.2, 0) is 16.0 Å². The van der Waals surface area contributed by atoms with Gasteiger partial charge in [-0.2, -0.15) is 0 Å². The third kappa shape index (κ3) is 5.02. The topological polar surface area (TPSA) is 117 Å². The average molecular weight is 427 g/mol. The minimum absolute atomic E-state index is 0.0282. The average Bonchev–Trinajstić information content (AvgIpc) is 2.73. The summed E-state index contributed by atoms with van der Waals surface area (Å²) < 4.78 is 5.34. The Balaban J connectivity index is 1.41. The van der Waals surface area contributed by atoms with Gasteiger partial charge in [-0.25, -0.2) is 9.59 Å². The van der Waals surface area contributed by atoms with Crippen LogP contribution in [0.1, 0.15) is 56.6 Å². The standard InChI is InChI=1S/C24H34N4O3/c1-2-6-31-23(29)20(13-14-4-3-5-17(8-14)22(25)26)27-24(30)28-21-18-9-15-7-16(11-18)12-19(21)10-15/h3-5,8,15-16,18-21H,2,6-7,9-13H2,1H3,(H3,25,26)(H2,27,28,30)/t15-,16?,18+,19?,20?,21?/m0/s1. The number of urea groups is 1. The molecular formula is C24H34N4O3. The number of hydrogen-bond donors (Lipinski definition) is 4. The first-order valence-electron chi connectivity index (χ1n) is 11.6. The van der Waals surface area contributed by atoms with Crippen LogP contribution in [0.2, 0.25) is 0 Å². The summed E-state index contributed by atoms with van der Waals surface area (Å²) in [5, 5.41) is 13.7. The molecular weight excluding hydrogens is 392 g/mol. The molecule has 1 aromatic carbocycles. The minimum atomic E-state index is -0.786. The van der Waals surface area contributed by atoms with Crippen molar-refractivity contribution in [2.75, 3.05) is 6.61 Å².